The van der Waals surface area contributed by atoms with Crippen LogP contribution < -0.4 is 0 Å². The summed E-state index contributed by atoms with van der Waals surface area (Å²) in [4.78, 5) is 18.9. The molecule has 3 atom stereocenters. The number of aryl methyl sites for hydroxylation is 1. The highest BCUT2D eigenvalue weighted by atomic mass is 32.1. The first-order valence-corrected chi connectivity index (χ1v) is 7.93. The van der Waals surface area contributed by atoms with Crippen molar-refractivity contribution in [1.29, 1.82) is 0 Å². The van der Waals surface area contributed by atoms with Gasteiger partial charge in [0.2, 0.25) is 5.91 Å². The predicted octanol–water partition coefficient (Wildman–Crippen LogP) is 3.90. The van der Waals surface area contributed by atoms with E-state index in [1.54, 1.807) is 17.4 Å². The van der Waals surface area contributed by atoms with Crippen molar-refractivity contribution in [3.8, 4) is 0 Å². The number of thiazole rings is 1. The van der Waals surface area contributed by atoms with Crippen molar-refractivity contribution >= 4 is 17.2 Å². The summed E-state index contributed by atoms with van der Waals surface area (Å²) < 4.78 is 0. The Hall–Kier alpha value is -1.94. The normalized spacial score (nSPS) is 22.8. The average Bonchev–Trinajstić information content (AvgIpc) is 2.91. The zero-order valence-corrected chi connectivity index (χ0v) is 13.0. The van der Waals surface area contributed by atoms with Gasteiger partial charge in [-0.1, -0.05) is 36.4 Å². The van der Waals surface area contributed by atoms with Crippen LogP contribution in [0.2, 0.25) is 0 Å². The molecule has 21 heavy (non-hydrogen) atoms. The first-order chi connectivity index (χ1) is 10.1. The van der Waals surface area contributed by atoms with Gasteiger partial charge in [-0.25, -0.2) is 4.98 Å². The first-order valence-electron chi connectivity index (χ1n) is 7.05. The molecular formula is C17H18N2OS. The lowest BCUT2D eigenvalue weighted by molar-refractivity contribution is -0.157. The Labute approximate surface area is 128 Å². The van der Waals surface area contributed by atoms with Crippen molar-refractivity contribution < 1.29 is 4.79 Å². The molecular weight excluding hydrogens is 280 g/mol. The fraction of sp³-hybridized carbons (Fsp3) is 0.294. The van der Waals surface area contributed by atoms with Gasteiger partial charge in [-0.05, 0) is 19.4 Å². The van der Waals surface area contributed by atoms with Crippen molar-refractivity contribution in [3.05, 3.63) is 64.6 Å². The fourth-order valence-electron chi connectivity index (χ4n) is 2.87. The van der Waals surface area contributed by atoms with Crippen molar-refractivity contribution in [2.75, 3.05) is 0 Å². The largest absolute Gasteiger partial charge is 0.325 e. The number of benzene rings is 1. The number of nitrogens with zero attached hydrogens (tertiary/aromatic N) is 2. The Kier molecular flexibility index (Phi) is 3.64. The highest BCUT2D eigenvalue weighted by molar-refractivity contribution is 7.09. The third-order valence-corrected chi connectivity index (χ3v) is 5.06. The number of amides is 1. The number of β-lactam (4-membered cyclic amide) rings is 1. The molecule has 0 saturated carbocycles. The molecule has 1 saturated heterocycles. The molecule has 0 radical (unpaired) electrons. The van der Waals surface area contributed by atoms with Crippen LogP contribution in [-0.4, -0.2) is 15.8 Å². The molecule has 0 aliphatic carbocycles. The molecule has 0 bridgehead atoms. The molecule has 2 aromatic rings. The SMILES string of the molecule is C=C[C@H]1C(=O)N([C@H](C)c2ccccc2)[C@@H]1c1nc(C)cs1. The van der Waals surface area contributed by atoms with Gasteiger partial charge in [-0.15, -0.1) is 17.9 Å². The second kappa shape index (κ2) is 5.45. The van der Waals surface area contributed by atoms with Crippen LogP contribution in [0.4, 0.5) is 0 Å². The Morgan fingerprint density at radius 2 is 2.10 bits per heavy atom. The monoisotopic (exact) mass is 298 g/mol. The molecule has 1 aromatic heterocycles. The minimum absolute atomic E-state index is 0.0175. The minimum atomic E-state index is -0.151. The summed E-state index contributed by atoms with van der Waals surface area (Å²) in [6, 6.07) is 10.2. The summed E-state index contributed by atoms with van der Waals surface area (Å²) in [5, 5.41) is 3.03. The van der Waals surface area contributed by atoms with E-state index >= 15 is 0 Å². The van der Waals surface area contributed by atoms with E-state index in [0.717, 1.165) is 16.3 Å². The smallest absolute Gasteiger partial charge is 0.233 e. The van der Waals surface area contributed by atoms with Crippen molar-refractivity contribution in [3.63, 3.8) is 0 Å². The molecule has 1 fully saturated rings. The average molecular weight is 298 g/mol. The van der Waals surface area contributed by atoms with Crippen LogP contribution in [0.1, 0.15) is 35.3 Å². The first kappa shape index (κ1) is 14.0. The third kappa shape index (κ3) is 2.29. The summed E-state index contributed by atoms with van der Waals surface area (Å²) >= 11 is 1.62. The van der Waals surface area contributed by atoms with Gasteiger partial charge < -0.3 is 4.90 Å². The molecule has 108 valence electrons. The van der Waals surface area contributed by atoms with Gasteiger partial charge in [-0.3, -0.25) is 4.79 Å². The summed E-state index contributed by atoms with van der Waals surface area (Å²) in [5.74, 6) is -0.0130. The molecule has 1 aliphatic heterocycles. The summed E-state index contributed by atoms with van der Waals surface area (Å²) in [6.45, 7) is 7.86. The van der Waals surface area contributed by atoms with Crippen LogP contribution >= 0.6 is 11.3 Å². The molecule has 3 nitrogen and oxygen atoms in total. The number of rotatable bonds is 4. The van der Waals surface area contributed by atoms with Gasteiger partial charge in [0.1, 0.15) is 5.01 Å². The number of hydrogen-bond donors (Lipinski definition) is 0. The standard InChI is InChI=1S/C17H18N2OS/c1-4-14-15(16-18-11(2)10-21-16)19(17(14)20)12(3)13-8-6-5-7-9-13/h4-10,12,14-15H,1H2,2-3H3/t12-,14-,15+/m1/s1. The maximum atomic E-state index is 12.4. The second-order valence-corrected chi connectivity index (χ2v) is 6.26. The molecule has 0 spiro atoms. The molecule has 1 aliphatic rings. The highest BCUT2D eigenvalue weighted by Gasteiger charge is 2.49. The Morgan fingerprint density at radius 1 is 1.38 bits per heavy atom. The highest BCUT2D eigenvalue weighted by Crippen LogP contribution is 2.46. The van der Waals surface area contributed by atoms with Crippen LogP contribution in [-0.2, 0) is 4.79 Å². The summed E-state index contributed by atoms with van der Waals surface area (Å²) in [6.07, 6.45) is 1.75. The van der Waals surface area contributed by atoms with E-state index in [2.05, 4.69) is 30.6 Å². The van der Waals surface area contributed by atoms with Crippen LogP contribution in [0.5, 0.6) is 0 Å². The molecule has 1 aromatic carbocycles. The van der Waals surface area contributed by atoms with E-state index in [1.165, 1.54) is 0 Å². The Balaban J connectivity index is 1.93. The van der Waals surface area contributed by atoms with Gasteiger partial charge in [0.25, 0.3) is 0 Å². The van der Waals surface area contributed by atoms with E-state index in [-0.39, 0.29) is 23.9 Å². The van der Waals surface area contributed by atoms with Gasteiger partial charge in [0.15, 0.2) is 0 Å². The molecule has 4 heteroatoms. The Bertz CT molecular complexity index is 664. The quantitative estimate of drug-likeness (QED) is 0.633. The van der Waals surface area contributed by atoms with Gasteiger partial charge >= 0.3 is 0 Å². The van der Waals surface area contributed by atoms with Crippen molar-refractivity contribution in [2.45, 2.75) is 25.9 Å². The topological polar surface area (TPSA) is 33.2 Å². The number of likely N-dealkylation sites (tertiary alicyclic amines) is 1. The Morgan fingerprint density at radius 3 is 2.67 bits per heavy atom. The second-order valence-electron chi connectivity index (χ2n) is 5.37. The lowest BCUT2D eigenvalue weighted by Crippen LogP contribution is -2.54. The van der Waals surface area contributed by atoms with Gasteiger partial charge in [-0.2, -0.15) is 0 Å². The maximum Gasteiger partial charge on any atom is 0.233 e. The van der Waals surface area contributed by atoms with Crippen LogP contribution in [0.3, 0.4) is 0 Å². The number of hydrogen-bond acceptors (Lipinski definition) is 3. The van der Waals surface area contributed by atoms with Crippen LogP contribution in [0, 0.1) is 12.8 Å². The number of carbonyl (C=O) groups excluding carboxylic acids is 1. The molecule has 3 rings (SSSR count). The fourth-order valence-corrected chi connectivity index (χ4v) is 3.81. The van der Waals surface area contributed by atoms with Crippen LogP contribution in [0.25, 0.3) is 0 Å². The zero-order chi connectivity index (χ0) is 15.0. The zero-order valence-electron chi connectivity index (χ0n) is 12.2. The number of carbonyl (C=O) groups is 1. The molecule has 1 amide bonds. The predicted molar refractivity (Wildman–Crippen MR) is 85.0 cm³/mol. The van der Waals surface area contributed by atoms with Crippen molar-refractivity contribution in [1.82, 2.24) is 9.88 Å². The molecule has 0 unspecified atom stereocenters. The van der Waals surface area contributed by atoms with E-state index in [1.807, 2.05) is 35.4 Å². The molecule has 2 heterocycles. The number of aromatic nitrogens is 1. The third-order valence-electron chi connectivity index (χ3n) is 4.02. The van der Waals surface area contributed by atoms with Crippen molar-refractivity contribution in [2.24, 2.45) is 5.92 Å². The van der Waals surface area contributed by atoms with E-state index in [0.29, 0.717) is 0 Å². The molecule has 0 N–H and O–H groups in total. The minimum Gasteiger partial charge on any atom is -0.325 e. The maximum absolute atomic E-state index is 12.4. The lowest BCUT2D eigenvalue weighted by atomic mass is 9.85. The summed E-state index contributed by atoms with van der Waals surface area (Å²) in [5.41, 5.74) is 2.15. The van der Waals surface area contributed by atoms with E-state index in [4.69, 9.17) is 0 Å². The van der Waals surface area contributed by atoms with E-state index < -0.39 is 0 Å². The lowest BCUT2D eigenvalue weighted by Gasteiger charge is -2.48. The summed E-state index contributed by atoms with van der Waals surface area (Å²) in [7, 11) is 0. The van der Waals surface area contributed by atoms with Crippen LogP contribution in [0.15, 0.2) is 48.4 Å². The van der Waals surface area contributed by atoms with Gasteiger partial charge in [0, 0.05) is 11.1 Å². The van der Waals surface area contributed by atoms with E-state index in [9.17, 15) is 4.79 Å². The van der Waals surface area contributed by atoms with Gasteiger partial charge in [0.05, 0.1) is 18.0 Å².